The molecule has 1 N–H and O–H groups in total. The minimum Gasteiger partial charge on any atom is -0.493 e. The van der Waals surface area contributed by atoms with Crippen molar-refractivity contribution in [3.63, 3.8) is 0 Å². The summed E-state index contributed by atoms with van der Waals surface area (Å²) in [7, 11) is 4.61. The molecule has 0 radical (unpaired) electrons. The quantitative estimate of drug-likeness (QED) is 0.891. The number of ether oxygens (including phenoxy) is 3. The predicted molar refractivity (Wildman–Crippen MR) is 84.4 cm³/mol. The second-order valence-corrected chi connectivity index (χ2v) is 4.59. The maximum absolute atomic E-state index is 12.4. The van der Waals surface area contributed by atoms with E-state index in [1.54, 1.807) is 32.4 Å². The van der Waals surface area contributed by atoms with Crippen molar-refractivity contribution in [3.8, 4) is 11.5 Å². The highest BCUT2D eigenvalue weighted by molar-refractivity contribution is 5.95. The number of hydrogen-bond donors (Lipinski definition) is 1. The Hall–Kier alpha value is -2.53. The van der Waals surface area contributed by atoms with E-state index in [0.717, 1.165) is 5.56 Å². The van der Waals surface area contributed by atoms with Crippen LogP contribution >= 0.6 is 0 Å². The van der Waals surface area contributed by atoms with E-state index in [2.05, 4.69) is 5.32 Å². The van der Waals surface area contributed by atoms with Gasteiger partial charge in [0.05, 0.1) is 14.2 Å². The normalized spacial score (nSPS) is 11.6. The zero-order valence-electron chi connectivity index (χ0n) is 12.8. The standard InChI is InChI=1S/C17H19NO4/c1-20-14-10-9-13(11-15(14)21-2)18-17(19)16(22-3)12-7-5-4-6-8-12/h4-11,16H,1-3H3,(H,18,19)/t16-/m1/s1. The molecule has 116 valence electrons. The van der Waals surface area contributed by atoms with E-state index < -0.39 is 6.10 Å². The van der Waals surface area contributed by atoms with Gasteiger partial charge in [0.25, 0.3) is 5.91 Å². The third-order valence-electron chi connectivity index (χ3n) is 3.23. The van der Waals surface area contributed by atoms with Crippen molar-refractivity contribution < 1.29 is 19.0 Å². The van der Waals surface area contributed by atoms with E-state index in [1.807, 2.05) is 30.3 Å². The Morgan fingerprint density at radius 3 is 2.23 bits per heavy atom. The third kappa shape index (κ3) is 3.56. The average Bonchev–Trinajstić information content (AvgIpc) is 2.56. The van der Waals surface area contributed by atoms with Crippen molar-refractivity contribution in [1.82, 2.24) is 0 Å². The number of carbonyl (C=O) groups excluding carboxylic acids is 1. The molecular formula is C17H19NO4. The second kappa shape index (κ2) is 7.47. The van der Waals surface area contributed by atoms with Gasteiger partial charge < -0.3 is 19.5 Å². The molecule has 2 aromatic carbocycles. The molecule has 0 heterocycles. The minimum atomic E-state index is -0.672. The second-order valence-electron chi connectivity index (χ2n) is 4.59. The Morgan fingerprint density at radius 2 is 1.64 bits per heavy atom. The number of carbonyl (C=O) groups is 1. The molecule has 0 fully saturated rings. The fourth-order valence-corrected chi connectivity index (χ4v) is 2.14. The van der Waals surface area contributed by atoms with Gasteiger partial charge in [-0.25, -0.2) is 0 Å². The summed E-state index contributed by atoms with van der Waals surface area (Å²) in [5.41, 5.74) is 1.41. The number of benzene rings is 2. The lowest BCUT2D eigenvalue weighted by Crippen LogP contribution is -2.22. The molecule has 1 amide bonds. The summed E-state index contributed by atoms with van der Waals surface area (Å²) < 4.78 is 15.7. The van der Waals surface area contributed by atoms with Crippen molar-refractivity contribution in [2.75, 3.05) is 26.6 Å². The van der Waals surface area contributed by atoms with Gasteiger partial charge >= 0.3 is 0 Å². The number of nitrogens with one attached hydrogen (secondary N) is 1. The molecule has 0 aliphatic carbocycles. The van der Waals surface area contributed by atoms with Crippen LogP contribution in [-0.4, -0.2) is 27.2 Å². The molecule has 2 rings (SSSR count). The van der Waals surface area contributed by atoms with Crippen LogP contribution < -0.4 is 14.8 Å². The molecule has 5 heteroatoms. The topological polar surface area (TPSA) is 56.8 Å². The first-order valence-corrected chi connectivity index (χ1v) is 6.80. The van der Waals surface area contributed by atoms with Gasteiger partial charge in [0.15, 0.2) is 17.6 Å². The number of amides is 1. The molecule has 0 spiro atoms. The molecule has 5 nitrogen and oxygen atoms in total. The third-order valence-corrected chi connectivity index (χ3v) is 3.23. The minimum absolute atomic E-state index is 0.249. The van der Waals surface area contributed by atoms with E-state index in [4.69, 9.17) is 14.2 Å². The van der Waals surface area contributed by atoms with Gasteiger partial charge in [-0.3, -0.25) is 4.79 Å². The van der Waals surface area contributed by atoms with E-state index >= 15 is 0 Å². The van der Waals surface area contributed by atoms with Crippen LogP contribution in [0.1, 0.15) is 11.7 Å². The first-order valence-electron chi connectivity index (χ1n) is 6.80. The molecular weight excluding hydrogens is 282 g/mol. The van der Waals surface area contributed by atoms with Crippen LogP contribution in [0.15, 0.2) is 48.5 Å². The van der Waals surface area contributed by atoms with Crippen molar-refractivity contribution in [1.29, 1.82) is 0 Å². The van der Waals surface area contributed by atoms with Crippen LogP contribution in [0.4, 0.5) is 5.69 Å². The molecule has 0 bridgehead atoms. The Labute approximate surface area is 129 Å². The molecule has 0 aliphatic rings. The van der Waals surface area contributed by atoms with Crippen LogP contribution in [-0.2, 0) is 9.53 Å². The summed E-state index contributed by atoms with van der Waals surface area (Å²) in [6.45, 7) is 0. The van der Waals surface area contributed by atoms with Gasteiger partial charge in [-0.2, -0.15) is 0 Å². The highest BCUT2D eigenvalue weighted by Gasteiger charge is 2.20. The van der Waals surface area contributed by atoms with Gasteiger partial charge in [-0.15, -0.1) is 0 Å². The lowest BCUT2D eigenvalue weighted by molar-refractivity contribution is -0.126. The summed E-state index contributed by atoms with van der Waals surface area (Å²) in [4.78, 5) is 12.4. The largest absolute Gasteiger partial charge is 0.493 e. The summed E-state index contributed by atoms with van der Waals surface area (Å²) >= 11 is 0. The van der Waals surface area contributed by atoms with Crippen LogP contribution in [0.2, 0.25) is 0 Å². The molecule has 2 aromatic rings. The van der Waals surface area contributed by atoms with Crippen molar-refractivity contribution in [2.24, 2.45) is 0 Å². The van der Waals surface area contributed by atoms with Gasteiger partial charge in [-0.05, 0) is 17.7 Å². The van der Waals surface area contributed by atoms with Crippen LogP contribution in [0.3, 0.4) is 0 Å². The van der Waals surface area contributed by atoms with Crippen LogP contribution in [0.25, 0.3) is 0 Å². The number of rotatable bonds is 6. The summed E-state index contributed by atoms with van der Waals surface area (Å²) in [5.74, 6) is 0.904. The van der Waals surface area contributed by atoms with E-state index in [1.165, 1.54) is 7.11 Å². The number of methoxy groups -OCH3 is 3. The Morgan fingerprint density at radius 1 is 0.955 bits per heavy atom. The van der Waals surface area contributed by atoms with Crippen molar-refractivity contribution >= 4 is 11.6 Å². The Bertz CT molecular complexity index is 628. The summed E-state index contributed by atoms with van der Waals surface area (Å²) in [6, 6.07) is 14.5. The Kier molecular flexibility index (Phi) is 5.38. The van der Waals surface area contributed by atoms with E-state index in [-0.39, 0.29) is 5.91 Å². The van der Waals surface area contributed by atoms with E-state index in [9.17, 15) is 4.79 Å². The molecule has 0 saturated carbocycles. The first-order chi connectivity index (χ1) is 10.7. The average molecular weight is 301 g/mol. The monoisotopic (exact) mass is 301 g/mol. The zero-order valence-corrected chi connectivity index (χ0v) is 12.8. The molecule has 0 unspecified atom stereocenters. The summed E-state index contributed by atoms with van der Waals surface area (Å²) in [5, 5.41) is 2.82. The van der Waals surface area contributed by atoms with Gasteiger partial charge in [0.1, 0.15) is 0 Å². The van der Waals surface area contributed by atoms with Crippen molar-refractivity contribution in [3.05, 3.63) is 54.1 Å². The molecule has 1 atom stereocenters. The molecule has 0 saturated heterocycles. The highest BCUT2D eigenvalue weighted by atomic mass is 16.5. The highest BCUT2D eigenvalue weighted by Crippen LogP contribution is 2.30. The SMILES string of the molecule is COc1ccc(NC(=O)[C@H](OC)c2ccccc2)cc1OC. The first kappa shape index (κ1) is 15.9. The maximum Gasteiger partial charge on any atom is 0.258 e. The predicted octanol–water partition coefficient (Wildman–Crippen LogP) is 3.03. The van der Waals surface area contributed by atoms with Gasteiger partial charge in [0.2, 0.25) is 0 Å². The fraction of sp³-hybridized carbons (Fsp3) is 0.235. The Balaban J connectivity index is 2.17. The van der Waals surface area contributed by atoms with Crippen molar-refractivity contribution in [2.45, 2.75) is 6.10 Å². The number of hydrogen-bond acceptors (Lipinski definition) is 4. The summed E-state index contributed by atoms with van der Waals surface area (Å²) in [6.07, 6.45) is -0.672. The zero-order chi connectivity index (χ0) is 15.9. The molecule has 22 heavy (non-hydrogen) atoms. The lowest BCUT2D eigenvalue weighted by Gasteiger charge is -2.16. The lowest BCUT2D eigenvalue weighted by atomic mass is 10.1. The van der Waals surface area contributed by atoms with Gasteiger partial charge in [0, 0.05) is 18.9 Å². The van der Waals surface area contributed by atoms with Crippen LogP contribution in [0.5, 0.6) is 11.5 Å². The van der Waals surface area contributed by atoms with Crippen LogP contribution in [0, 0.1) is 0 Å². The fourth-order valence-electron chi connectivity index (χ4n) is 2.14. The van der Waals surface area contributed by atoms with Gasteiger partial charge in [-0.1, -0.05) is 30.3 Å². The number of anilines is 1. The maximum atomic E-state index is 12.4. The molecule has 0 aromatic heterocycles. The smallest absolute Gasteiger partial charge is 0.258 e. The molecule has 0 aliphatic heterocycles. The van der Waals surface area contributed by atoms with E-state index in [0.29, 0.717) is 17.2 Å².